The molecule has 2 N–H and O–H groups in total. The molecule has 7 heteroatoms. The highest BCUT2D eigenvalue weighted by Gasteiger charge is 2.14. The molecule has 0 spiro atoms. The van der Waals surface area contributed by atoms with Gasteiger partial charge in [0.05, 0.1) is 17.3 Å². The Hall–Kier alpha value is -3.21. The third kappa shape index (κ3) is 9.05. The molecular formula is C26H34FN5O. The minimum atomic E-state index is -0.588. The van der Waals surface area contributed by atoms with E-state index >= 15 is 0 Å². The highest BCUT2D eigenvalue weighted by Crippen LogP contribution is 2.24. The fourth-order valence-electron chi connectivity index (χ4n) is 3.27. The topological polar surface area (TPSA) is 73.2 Å². The van der Waals surface area contributed by atoms with E-state index in [0.29, 0.717) is 23.6 Å². The number of pyridine rings is 1. The van der Waals surface area contributed by atoms with Gasteiger partial charge in [0.25, 0.3) is 0 Å². The van der Waals surface area contributed by atoms with Gasteiger partial charge in [0, 0.05) is 25.3 Å². The van der Waals surface area contributed by atoms with Crippen LogP contribution in [0.3, 0.4) is 0 Å². The summed E-state index contributed by atoms with van der Waals surface area (Å²) in [5, 5.41) is 16.1. The fourth-order valence-corrected chi connectivity index (χ4v) is 3.27. The van der Waals surface area contributed by atoms with E-state index in [0.717, 1.165) is 43.8 Å². The van der Waals surface area contributed by atoms with Crippen LogP contribution >= 0.6 is 0 Å². The SMILES string of the molecule is C=C(NC(CCC)c1ccc(OCCN(C)CCNC)cc1)/C(C#N)=C/c1cccc(F)n1. The molecule has 1 atom stereocenters. The van der Waals surface area contributed by atoms with Crippen molar-refractivity contribution in [2.75, 3.05) is 40.3 Å². The van der Waals surface area contributed by atoms with Gasteiger partial charge < -0.3 is 20.3 Å². The highest BCUT2D eigenvalue weighted by atomic mass is 19.1. The zero-order chi connectivity index (χ0) is 24.1. The van der Waals surface area contributed by atoms with Gasteiger partial charge in [-0.3, -0.25) is 0 Å². The summed E-state index contributed by atoms with van der Waals surface area (Å²) in [7, 11) is 4.02. The molecular weight excluding hydrogens is 417 g/mol. The summed E-state index contributed by atoms with van der Waals surface area (Å²) in [6, 6.07) is 14.6. The first-order valence-corrected chi connectivity index (χ1v) is 11.2. The Morgan fingerprint density at radius 1 is 1.27 bits per heavy atom. The number of aromatic nitrogens is 1. The molecule has 0 aliphatic carbocycles. The van der Waals surface area contributed by atoms with Crippen LogP contribution in [0.2, 0.25) is 0 Å². The molecule has 0 radical (unpaired) electrons. The van der Waals surface area contributed by atoms with Crippen molar-refractivity contribution in [2.24, 2.45) is 0 Å². The van der Waals surface area contributed by atoms with E-state index in [1.807, 2.05) is 31.3 Å². The standard InChI is InChI=1S/C26H34FN5O/c1-5-7-25(30-20(2)22(19-28)18-23-8-6-9-26(27)31-23)21-10-12-24(13-11-21)33-17-16-32(4)15-14-29-3/h6,8-13,18,25,29-30H,2,5,7,14-17H2,1,3-4H3/b22-18+. The third-order valence-corrected chi connectivity index (χ3v) is 5.17. The second-order valence-corrected chi connectivity index (χ2v) is 7.84. The Labute approximate surface area is 196 Å². The molecule has 6 nitrogen and oxygen atoms in total. The van der Waals surface area contributed by atoms with E-state index < -0.39 is 5.95 Å². The predicted molar refractivity (Wildman–Crippen MR) is 131 cm³/mol. The Bertz CT molecular complexity index is 952. The van der Waals surface area contributed by atoms with Gasteiger partial charge in [0.15, 0.2) is 0 Å². The number of likely N-dealkylation sites (N-methyl/N-ethyl adjacent to an activating group) is 2. The van der Waals surface area contributed by atoms with Crippen molar-refractivity contribution in [1.82, 2.24) is 20.5 Å². The van der Waals surface area contributed by atoms with Gasteiger partial charge in [0.1, 0.15) is 18.4 Å². The third-order valence-electron chi connectivity index (χ3n) is 5.17. The van der Waals surface area contributed by atoms with Crippen LogP contribution in [0.1, 0.15) is 37.1 Å². The van der Waals surface area contributed by atoms with Crippen LogP contribution < -0.4 is 15.4 Å². The summed E-state index contributed by atoms with van der Waals surface area (Å²) in [5.74, 6) is 0.236. The molecule has 1 heterocycles. The Morgan fingerprint density at radius 2 is 2.03 bits per heavy atom. The summed E-state index contributed by atoms with van der Waals surface area (Å²) in [4.78, 5) is 6.01. The first-order valence-electron chi connectivity index (χ1n) is 11.2. The van der Waals surface area contributed by atoms with Gasteiger partial charge >= 0.3 is 0 Å². The number of nitriles is 1. The van der Waals surface area contributed by atoms with Crippen molar-refractivity contribution in [2.45, 2.75) is 25.8 Å². The van der Waals surface area contributed by atoms with Gasteiger partial charge in [-0.05, 0) is 56.4 Å². The molecule has 2 aromatic rings. The number of nitrogens with zero attached hydrogens (tertiary/aromatic N) is 3. The predicted octanol–water partition coefficient (Wildman–Crippen LogP) is 4.30. The lowest BCUT2D eigenvalue weighted by Gasteiger charge is -2.22. The van der Waals surface area contributed by atoms with Gasteiger partial charge in [-0.2, -0.15) is 9.65 Å². The molecule has 0 aliphatic rings. The largest absolute Gasteiger partial charge is 0.492 e. The first-order chi connectivity index (χ1) is 16.0. The van der Waals surface area contributed by atoms with Crippen molar-refractivity contribution in [3.63, 3.8) is 0 Å². The summed E-state index contributed by atoms with van der Waals surface area (Å²) >= 11 is 0. The molecule has 0 aliphatic heterocycles. The van der Waals surface area contributed by atoms with Gasteiger partial charge in [-0.25, -0.2) is 4.98 Å². The Morgan fingerprint density at radius 3 is 2.67 bits per heavy atom. The number of hydrogen-bond acceptors (Lipinski definition) is 6. The van der Waals surface area contributed by atoms with Crippen LogP contribution in [0.4, 0.5) is 4.39 Å². The van der Waals surface area contributed by atoms with Gasteiger partial charge in [-0.15, -0.1) is 0 Å². The van der Waals surface area contributed by atoms with Crippen LogP contribution in [0.5, 0.6) is 5.75 Å². The normalized spacial score (nSPS) is 12.3. The zero-order valence-corrected chi connectivity index (χ0v) is 19.8. The number of nitrogens with one attached hydrogen (secondary N) is 2. The second kappa shape index (κ2) is 14.0. The summed E-state index contributed by atoms with van der Waals surface area (Å²) in [6.07, 6.45) is 3.36. The molecule has 0 saturated carbocycles. The second-order valence-electron chi connectivity index (χ2n) is 7.84. The van der Waals surface area contributed by atoms with Crippen LogP contribution in [0.25, 0.3) is 6.08 Å². The molecule has 0 bridgehead atoms. The lowest BCUT2D eigenvalue weighted by Crippen LogP contribution is -2.30. The molecule has 1 aromatic heterocycles. The fraction of sp³-hybridized carbons (Fsp3) is 0.385. The van der Waals surface area contributed by atoms with Crippen molar-refractivity contribution >= 4 is 6.08 Å². The van der Waals surface area contributed by atoms with Crippen LogP contribution in [0.15, 0.2) is 60.3 Å². The molecule has 1 aromatic carbocycles. The highest BCUT2D eigenvalue weighted by molar-refractivity contribution is 5.60. The summed E-state index contributed by atoms with van der Waals surface area (Å²) in [5.41, 5.74) is 2.25. The molecule has 176 valence electrons. The smallest absolute Gasteiger partial charge is 0.213 e. The van der Waals surface area contributed by atoms with Gasteiger partial charge in [-0.1, -0.05) is 38.1 Å². The number of ether oxygens (including phenoxy) is 1. The van der Waals surface area contributed by atoms with E-state index in [2.05, 4.69) is 47.1 Å². The number of hydrogen-bond donors (Lipinski definition) is 2. The van der Waals surface area contributed by atoms with E-state index in [4.69, 9.17) is 4.74 Å². The van der Waals surface area contributed by atoms with Crippen molar-refractivity contribution < 1.29 is 9.13 Å². The average Bonchev–Trinajstić information content (AvgIpc) is 2.81. The summed E-state index contributed by atoms with van der Waals surface area (Å²) in [6.45, 7) is 9.54. The quantitative estimate of drug-likeness (QED) is 0.253. The van der Waals surface area contributed by atoms with E-state index in [-0.39, 0.29) is 6.04 Å². The minimum absolute atomic E-state index is 0.0126. The van der Waals surface area contributed by atoms with Crippen LogP contribution in [-0.4, -0.2) is 50.2 Å². The Balaban J connectivity index is 2.01. The number of allylic oxidation sites excluding steroid dienone is 1. The molecule has 0 fully saturated rings. The Kier molecular flexibility index (Phi) is 11.1. The maximum atomic E-state index is 13.4. The van der Waals surface area contributed by atoms with Crippen LogP contribution in [-0.2, 0) is 0 Å². The van der Waals surface area contributed by atoms with E-state index in [1.165, 1.54) is 12.1 Å². The minimum Gasteiger partial charge on any atom is -0.492 e. The maximum absolute atomic E-state index is 13.4. The number of benzene rings is 1. The first kappa shape index (κ1) is 26.0. The van der Waals surface area contributed by atoms with Crippen LogP contribution in [0, 0.1) is 17.3 Å². The molecule has 33 heavy (non-hydrogen) atoms. The average molecular weight is 452 g/mol. The summed E-state index contributed by atoms with van der Waals surface area (Å²) < 4.78 is 19.3. The van der Waals surface area contributed by atoms with E-state index in [1.54, 1.807) is 12.1 Å². The van der Waals surface area contributed by atoms with Crippen molar-refractivity contribution in [1.29, 1.82) is 5.26 Å². The molecule has 0 amide bonds. The number of halogens is 1. The molecule has 0 saturated heterocycles. The van der Waals surface area contributed by atoms with E-state index in [9.17, 15) is 9.65 Å². The zero-order valence-electron chi connectivity index (χ0n) is 19.8. The number of rotatable bonds is 14. The molecule has 1 unspecified atom stereocenters. The lowest BCUT2D eigenvalue weighted by molar-refractivity contribution is 0.238. The van der Waals surface area contributed by atoms with Crippen molar-refractivity contribution in [3.8, 4) is 11.8 Å². The monoisotopic (exact) mass is 451 g/mol. The van der Waals surface area contributed by atoms with Gasteiger partial charge in [0.2, 0.25) is 5.95 Å². The lowest BCUT2D eigenvalue weighted by atomic mass is 10.0. The van der Waals surface area contributed by atoms with Crippen molar-refractivity contribution in [3.05, 3.63) is 77.5 Å². The maximum Gasteiger partial charge on any atom is 0.213 e. The molecule has 2 rings (SSSR count).